The van der Waals surface area contributed by atoms with Gasteiger partial charge in [-0.3, -0.25) is 9.59 Å². The third-order valence-corrected chi connectivity index (χ3v) is 6.37. The molecule has 2 aromatic carbocycles. The van der Waals surface area contributed by atoms with Gasteiger partial charge in [-0.2, -0.15) is 0 Å². The molecule has 0 atom stereocenters. The van der Waals surface area contributed by atoms with Gasteiger partial charge in [0, 0.05) is 42.7 Å². The second-order valence-electron chi connectivity index (χ2n) is 7.41. The molecule has 1 saturated heterocycles. The Bertz CT molecular complexity index is 1010. The molecule has 6 heteroatoms. The molecule has 2 amide bonds. The molecule has 4 rings (SSSR count). The Hall–Kier alpha value is -2.99. The van der Waals surface area contributed by atoms with Gasteiger partial charge in [-0.1, -0.05) is 49.4 Å². The van der Waals surface area contributed by atoms with Crippen LogP contribution >= 0.6 is 11.3 Å². The van der Waals surface area contributed by atoms with E-state index in [1.165, 1.54) is 5.56 Å². The lowest BCUT2D eigenvalue weighted by atomic mass is 10.1. The van der Waals surface area contributed by atoms with Crippen molar-refractivity contribution < 1.29 is 9.59 Å². The highest BCUT2D eigenvalue weighted by Gasteiger charge is 2.25. The minimum Gasteiger partial charge on any atom is -0.339 e. The van der Waals surface area contributed by atoms with E-state index in [1.807, 2.05) is 69.8 Å². The number of rotatable bonds is 5. The first-order chi connectivity index (χ1) is 14.6. The van der Waals surface area contributed by atoms with Crippen molar-refractivity contribution in [2.24, 2.45) is 0 Å². The van der Waals surface area contributed by atoms with Gasteiger partial charge >= 0.3 is 0 Å². The van der Waals surface area contributed by atoms with Crippen molar-refractivity contribution in [1.82, 2.24) is 14.8 Å². The fourth-order valence-electron chi connectivity index (χ4n) is 3.59. The summed E-state index contributed by atoms with van der Waals surface area (Å²) in [6, 6.07) is 17.8. The number of hydrogen-bond acceptors (Lipinski definition) is 4. The number of hydrogen-bond donors (Lipinski definition) is 0. The van der Waals surface area contributed by atoms with Crippen LogP contribution in [0.15, 0.2) is 60.0 Å². The summed E-state index contributed by atoms with van der Waals surface area (Å²) in [6.07, 6.45) is 1.26. The Morgan fingerprint density at radius 1 is 0.933 bits per heavy atom. The first-order valence-corrected chi connectivity index (χ1v) is 11.2. The molecule has 0 N–H and O–H groups in total. The van der Waals surface area contributed by atoms with Gasteiger partial charge in [0.15, 0.2) is 0 Å². The zero-order chi connectivity index (χ0) is 20.9. The van der Waals surface area contributed by atoms with Gasteiger partial charge in [0.2, 0.25) is 5.91 Å². The van der Waals surface area contributed by atoms with Crippen molar-refractivity contribution in [2.75, 3.05) is 26.2 Å². The van der Waals surface area contributed by atoms with Crippen LogP contribution in [0.4, 0.5) is 0 Å². The van der Waals surface area contributed by atoms with Crippen molar-refractivity contribution >= 4 is 23.2 Å². The fraction of sp³-hybridized carbons (Fsp3) is 0.292. The summed E-state index contributed by atoms with van der Waals surface area (Å²) in [5, 5.41) is 2.89. The summed E-state index contributed by atoms with van der Waals surface area (Å²) >= 11 is 1.56. The molecule has 0 radical (unpaired) electrons. The third kappa shape index (κ3) is 4.60. The number of aryl methyl sites for hydroxylation is 1. The lowest BCUT2D eigenvalue weighted by Crippen LogP contribution is -2.51. The lowest BCUT2D eigenvalue weighted by molar-refractivity contribution is -0.132. The molecule has 1 fully saturated rings. The van der Waals surface area contributed by atoms with E-state index in [1.54, 1.807) is 11.3 Å². The van der Waals surface area contributed by atoms with E-state index < -0.39 is 0 Å². The first kappa shape index (κ1) is 20.3. The van der Waals surface area contributed by atoms with E-state index >= 15 is 0 Å². The van der Waals surface area contributed by atoms with Gasteiger partial charge in [-0.05, 0) is 24.1 Å². The van der Waals surface area contributed by atoms with Crippen LogP contribution in [0.5, 0.6) is 0 Å². The summed E-state index contributed by atoms with van der Waals surface area (Å²) in [5.41, 5.74) is 3.81. The summed E-state index contributed by atoms with van der Waals surface area (Å²) < 4.78 is 0. The third-order valence-electron chi connectivity index (χ3n) is 5.43. The molecule has 1 aromatic heterocycles. The van der Waals surface area contributed by atoms with Crippen LogP contribution < -0.4 is 0 Å². The minimum atomic E-state index is 0.0387. The number of thiazole rings is 1. The lowest BCUT2D eigenvalue weighted by Gasteiger charge is -2.34. The molecular weight excluding hydrogens is 394 g/mol. The Kier molecular flexibility index (Phi) is 6.23. The second kappa shape index (κ2) is 9.22. The van der Waals surface area contributed by atoms with E-state index in [0.717, 1.165) is 22.7 Å². The number of carbonyl (C=O) groups excluding carboxylic acids is 2. The fourth-order valence-corrected chi connectivity index (χ4v) is 4.42. The van der Waals surface area contributed by atoms with Gasteiger partial charge in [0.1, 0.15) is 5.01 Å². The monoisotopic (exact) mass is 419 g/mol. The average molecular weight is 420 g/mol. The van der Waals surface area contributed by atoms with Gasteiger partial charge in [-0.25, -0.2) is 4.98 Å². The van der Waals surface area contributed by atoms with Gasteiger partial charge in [-0.15, -0.1) is 11.3 Å². The SMILES string of the molecule is CCc1ccc(C(=O)N2CCN(C(=O)Cc3csc(-c4ccccc4)n3)CC2)cc1. The zero-order valence-corrected chi connectivity index (χ0v) is 17.9. The molecule has 2 heterocycles. The standard InChI is InChI=1S/C24H25N3O2S/c1-2-18-8-10-20(11-9-18)24(29)27-14-12-26(13-15-27)22(28)16-21-17-30-23(25-21)19-6-4-3-5-7-19/h3-11,17H,2,12-16H2,1H3. The van der Waals surface area contributed by atoms with Crippen LogP contribution in [0.2, 0.25) is 0 Å². The van der Waals surface area contributed by atoms with Crippen LogP contribution in [0.1, 0.15) is 28.5 Å². The Balaban J connectivity index is 1.31. The normalized spacial score (nSPS) is 14.0. The summed E-state index contributed by atoms with van der Waals surface area (Å²) in [6.45, 7) is 4.35. The van der Waals surface area contributed by atoms with E-state index in [0.29, 0.717) is 38.2 Å². The Morgan fingerprint density at radius 2 is 1.60 bits per heavy atom. The van der Waals surface area contributed by atoms with Crippen molar-refractivity contribution in [1.29, 1.82) is 0 Å². The number of carbonyl (C=O) groups is 2. The number of aromatic nitrogens is 1. The highest BCUT2D eigenvalue weighted by Crippen LogP contribution is 2.23. The van der Waals surface area contributed by atoms with Crippen molar-refractivity contribution in [3.8, 4) is 10.6 Å². The van der Waals surface area contributed by atoms with Crippen LogP contribution in [0, 0.1) is 0 Å². The zero-order valence-electron chi connectivity index (χ0n) is 17.1. The molecule has 30 heavy (non-hydrogen) atoms. The van der Waals surface area contributed by atoms with Crippen LogP contribution in [0.3, 0.4) is 0 Å². The molecule has 0 aliphatic carbocycles. The highest BCUT2D eigenvalue weighted by molar-refractivity contribution is 7.13. The van der Waals surface area contributed by atoms with E-state index in [9.17, 15) is 9.59 Å². The van der Waals surface area contributed by atoms with E-state index in [4.69, 9.17) is 0 Å². The summed E-state index contributed by atoms with van der Waals surface area (Å²) in [7, 11) is 0. The molecule has 5 nitrogen and oxygen atoms in total. The smallest absolute Gasteiger partial charge is 0.253 e. The molecule has 154 valence electrons. The van der Waals surface area contributed by atoms with Crippen molar-refractivity contribution in [3.63, 3.8) is 0 Å². The molecular formula is C24H25N3O2S. The minimum absolute atomic E-state index is 0.0387. The topological polar surface area (TPSA) is 53.5 Å². The summed E-state index contributed by atoms with van der Waals surface area (Å²) in [5.74, 6) is 0.107. The molecule has 3 aromatic rings. The Labute approximate surface area is 181 Å². The van der Waals surface area contributed by atoms with Gasteiger partial charge < -0.3 is 9.80 Å². The van der Waals surface area contributed by atoms with E-state index in [2.05, 4.69) is 11.9 Å². The first-order valence-electron chi connectivity index (χ1n) is 10.3. The molecule has 0 saturated carbocycles. The van der Waals surface area contributed by atoms with Crippen molar-refractivity contribution in [2.45, 2.75) is 19.8 Å². The predicted molar refractivity (Wildman–Crippen MR) is 120 cm³/mol. The summed E-state index contributed by atoms with van der Waals surface area (Å²) in [4.78, 5) is 33.7. The number of nitrogens with zero attached hydrogens (tertiary/aromatic N) is 3. The Morgan fingerprint density at radius 3 is 2.27 bits per heavy atom. The second-order valence-corrected chi connectivity index (χ2v) is 8.27. The van der Waals surface area contributed by atoms with Crippen molar-refractivity contribution in [3.05, 3.63) is 76.8 Å². The molecule has 1 aliphatic rings. The van der Waals surface area contributed by atoms with Gasteiger partial charge in [0.25, 0.3) is 5.91 Å². The van der Waals surface area contributed by atoms with Crippen LogP contribution in [-0.4, -0.2) is 52.8 Å². The molecule has 1 aliphatic heterocycles. The molecule has 0 bridgehead atoms. The number of benzene rings is 2. The molecule has 0 spiro atoms. The van der Waals surface area contributed by atoms with Crippen LogP contribution in [-0.2, 0) is 17.6 Å². The largest absolute Gasteiger partial charge is 0.339 e. The maximum Gasteiger partial charge on any atom is 0.253 e. The average Bonchev–Trinajstić information content (AvgIpc) is 3.28. The maximum atomic E-state index is 12.7. The number of piperazine rings is 1. The molecule has 0 unspecified atom stereocenters. The maximum absolute atomic E-state index is 12.7. The number of amides is 2. The van der Waals surface area contributed by atoms with E-state index in [-0.39, 0.29) is 11.8 Å². The predicted octanol–water partition coefficient (Wildman–Crippen LogP) is 3.90. The highest BCUT2D eigenvalue weighted by atomic mass is 32.1. The quantitative estimate of drug-likeness (QED) is 0.630. The van der Waals surface area contributed by atoms with Crippen LogP contribution in [0.25, 0.3) is 10.6 Å². The van der Waals surface area contributed by atoms with Gasteiger partial charge in [0.05, 0.1) is 12.1 Å².